The molecule has 4 heterocycles. The van der Waals surface area contributed by atoms with Crippen molar-refractivity contribution >= 4 is 18.2 Å². The van der Waals surface area contributed by atoms with E-state index in [2.05, 4.69) is 143 Å². The molecule has 1 fully saturated rings. The maximum atomic E-state index is 7.20. The summed E-state index contributed by atoms with van der Waals surface area (Å²) in [5.74, 6) is 4.08. The lowest BCUT2D eigenvalue weighted by atomic mass is 9.72. The van der Waals surface area contributed by atoms with Gasteiger partial charge in [-0.05, 0) is 110 Å². The summed E-state index contributed by atoms with van der Waals surface area (Å²) in [5, 5.41) is 1.31. The first kappa shape index (κ1) is 33.9. The molecule has 58 heavy (non-hydrogen) atoms. The summed E-state index contributed by atoms with van der Waals surface area (Å²) < 4.78 is 13.7. The SMILES string of the molecule is C1=CCCC(N2C3=C(CC(C4=CC(C5=CCC6C(=C5)C5C=CC=CC5N6C5C=CC=CC5)CC5=C4OC4C=c6oc7c(c6=CC54)CCC=C7)C=C3)C3CCC=CC32)=C1. The summed E-state index contributed by atoms with van der Waals surface area (Å²) in [4.78, 5) is 5.53. The van der Waals surface area contributed by atoms with Crippen molar-refractivity contribution < 1.29 is 9.15 Å². The molecule has 12 aliphatic rings. The molecular formula is C54H52N2O2. The van der Waals surface area contributed by atoms with Crippen LogP contribution in [0.5, 0.6) is 0 Å². The topological polar surface area (TPSA) is 28.9 Å². The molecule has 0 aromatic carbocycles. The van der Waals surface area contributed by atoms with E-state index in [1.807, 2.05) is 0 Å². The molecule has 1 aromatic heterocycles. The highest BCUT2D eigenvalue weighted by atomic mass is 16.5. The first-order valence-electron chi connectivity index (χ1n) is 22.5. The fraction of sp³-hybridized carbons (Fsp3) is 0.370. The van der Waals surface area contributed by atoms with Crippen LogP contribution in [0.1, 0.15) is 69.1 Å². The normalized spacial score (nSPS) is 37.0. The van der Waals surface area contributed by atoms with Crippen LogP contribution in [0, 0.1) is 29.6 Å². The lowest BCUT2D eigenvalue weighted by Gasteiger charge is -2.37. The molecule has 0 N–H and O–H groups in total. The Hall–Kier alpha value is -5.06. The third-order valence-corrected chi connectivity index (χ3v) is 15.6. The molecule has 10 unspecified atom stereocenters. The quantitative estimate of drug-likeness (QED) is 0.286. The highest BCUT2D eigenvalue weighted by Gasteiger charge is 2.49. The zero-order valence-electron chi connectivity index (χ0n) is 33.3. The minimum atomic E-state index is -0.0244. The minimum absolute atomic E-state index is 0.0244. The highest BCUT2D eigenvalue weighted by molar-refractivity contribution is 5.62. The van der Waals surface area contributed by atoms with E-state index < -0.39 is 0 Å². The molecule has 9 aliphatic carbocycles. The smallest absolute Gasteiger partial charge is 0.134 e. The molecule has 0 amide bonds. The Bertz CT molecular complexity index is 2580. The number of nitrogens with zero attached hydrogens (tertiary/aromatic N) is 2. The van der Waals surface area contributed by atoms with Crippen LogP contribution in [0.4, 0.5) is 0 Å². The van der Waals surface area contributed by atoms with Gasteiger partial charge in [0.05, 0.1) is 6.04 Å². The fourth-order valence-electron chi connectivity index (χ4n) is 13.0. The van der Waals surface area contributed by atoms with E-state index in [-0.39, 0.29) is 12.0 Å². The number of furan rings is 1. The lowest BCUT2D eigenvalue weighted by Crippen LogP contribution is -2.44. The molecule has 13 rings (SSSR count). The second kappa shape index (κ2) is 13.2. The van der Waals surface area contributed by atoms with Crippen molar-refractivity contribution in [1.82, 2.24) is 9.80 Å². The molecule has 1 aromatic rings. The van der Waals surface area contributed by atoms with Gasteiger partial charge in [0.2, 0.25) is 0 Å². The third kappa shape index (κ3) is 5.09. The predicted molar refractivity (Wildman–Crippen MR) is 233 cm³/mol. The van der Waals surface area contributed by atoms with Crippen LogP contribution in [-0.4, -0.2) is 40.1 Å². The molecule has 0 radical (unpaired) electrons. The van der Waals surface area contributed by atoms with Crippen LogP contribution in [0.15, 0.2) is 165 Å². The number of fused-ring (bicyclic) bond motifs is 10. The molecule has 0 bridgehead atoms. The number of ether oxygens (including phenoxy) is 1. The second-order valence-corrected chi connectivity index (χ2v) is 18.5. The zero-order valence-corrected chi connectivity index (χ0v) is 33.3. The first-order valence-corrected chi connectivity index (χ1v) is 22.5. The maximum Gasteiger partial charge on any atom is 0.134 e. The van der Waals surface area contributed by atoms with Gasteiger partial charge in [-0.15, -0.1) is 0 Å². The summed E-state index contributed by atoms with van der Waals surface area (Å²) >= 11 is 0. The van der Waals surface area contributed by atoms with Crippen molar-refractivity contribution in [2.24, 2.45) is 29.6 Å². The molecule has 4 nitrogen and oxygen atoms in total. The number of rotatable bonds is 4. The summed E-state index contributed by atoms with van der Waals surface area (Å²) in [7, 11) is 0. The van der Waals surface area contributed by atoms with E-state index in [4.69, 9.17) is 9.15 Å². The van der Waals surface area contributed by atoms with E-state index in [0.29, 0.717) is 47.8 Å². The average molecular weight is 761 g/mol. The fourth-order valence-corrected chi connectivity index (χ4v) is 13.0. The molecule has 3 aliphatic heterocycles. The van der Waals surface area contributed by atoms with E-state index in [0.717, 1.165) is 62.5 Å². The Kier molecular flexibility index (Phi) is 7.72. The van der Waals surface area contributed by atoms with Crippen molar-refractivity contribution in [3.05, 3.63) is 182 Å². The summed E-state index contributed by atoms with van der Waals surface area (Å²) in [5.41, 5.74) is 13.0. The highest BCUT2D eigenvalue weighted by Crippen LogP contribution is 2.54. The van der Waals surface area contributed by atoms with Crippen molar-refractivity contribution in [3.63, 3.8) is 0 Å². The summed E-state index contributed by atoms with van der Waals surface area (Å²) in [6, 6.07) is 1.74. The summed E-state index contributed by atoms with van der Waals surface area (Å²) in [6.07, 6.45) is 63.9. The Morgan fingerprint density at radius 1 is 0.707 bits per heavy atom. The standard InChI is InChI=1S/C54H52N2O2/c1-3-13-36(14-4-1)55-47-20-10-7-17-38(47)42-27-33(23-25-49(42)55)35-29-41(54-46(30-35)45-31-44-40-19-9-12-22-51(40)57-52(44)32-53(45)58-54)34-24-26-50-43(28-34)39-18-8-11-21-48(39)56(50)37-15-5-2-6-16-37/h1-5,7,10-13,15,17,20-24,26-27,29,31-32,34-36,38-39,45,47-49,53H,6,8-9,14,16,18-19,25,28,30H2. The third-order valence-electron chi connectivity index (χ3n) is 15.6. The molecule has 1 saturated heterocycles. The summed E-state index contributed by atoms with van der Waals surface area (Å²) in [6.45, 7) is 0. The van der Waals surface area contributed by atoms with Gasteiger partial charge < -0.3 is 14.1 Å². The van der Waals surface area contributed by atoms with Gasteiger partial charge in [0.1, 0.15) is 23.0 Å². The Labute approximate surface area is 342 Å². The maximum absolute atomic E-state index is 7.20. The van der Waals surface area contributed by atoms with E-state index in [9.17, 15) is 0 Å². The van der Waals surface area contributed by atoms with Crippen molar-refractivity contribution in [1.29, 1.82) is 0 Å². The Balaban J connectivity index is 0.888. The number of hydrogen-bond donors (Lipinski definition) is 0. The largest absolute Gasteiger partial charge is 0.485 e. The predicted octanol–water partition coefficient (Wildman–Crippen LogP) is 9.68. The zero-order chi connectivity index (χ0) is 37.9. The molecule has 4 heteroatoms. The molecular weight excluding hydrogens is 709 g/mol. The van der Waals surface area contributed by atoms with E-state index >= 15 is 0 Å². The van der Waals surface area contributed by atoms with Gasteiger partial charge in [-0.1, -0.05) is 109 Å². The van der Waals surface area contributed by atoms with Gasteiger partial charge in [-0.25, -0.2) is 0 Å². The van der Waals surface area contributed by atoms with Crippen LogP contribution in [0.25, 0.3) is 18.2 Å². The molecule has 0 saturated carbocycles. The van der Waals surface area contributed by atoms with Gasteiger partial charge in [0.15, 0.2) is 0 Å². The number of hydrogen-bond acceptors (Lipinski definition) is 4. The van der Waals surface area contributed by atoms with Gasteiger partial charge in [-0.2, -0.15) is 0 Å². The Morgan fingerprint density at radius 3 is 2.57 bits per heavy atom. The first-order chi connectivity index (χ1) is 28.7. The van der Waals surface area contributed by atoms with Gasteiger partial charge in [0, 0.05) is 76.0 Å². The molecule has 0 spiro atoms. The monoisotopic (exact) mass is 760 g/mol. The van der Waals surface area contributed by atoms with Crippen molar-refractivity contribution in [2.75, 3.05) is 0 Å². The Morgan fingerprint density at radius 2 is 1.64 bits per heavy atom. The minimum Gasteiger partial charge on any atom is -0.485 e. The van der Waals surface area contributed by atoms with Crippen molar-refractivity contribution in [2.45, 2.75) is 94.5 Å². The van der Waals surface area contributed by atoms with Gasteiger partial charge in [-0.3, -0.25) is 4.90 Å². The van der Waals surface area contributed by atoms with E-state index in [1.165, 1.54) is 57.5 Å². The van der Waals surface area contributed by atoms with Crippen LogP contribution in [0.2, 0.25) is 0 Å². The average Bonchev–Trinajstić information content (AvgIpc) is 4.03. The second-order valence-electron chi connectivity index (χ2n) is 18.5. The number of allylic oxidation sites excluding steroid dienone is 16. The molecule has 10 atom stereocenters. The molecule has 290 valence electrons. The van der Waals surface area contributed by atoms with Crippen LogP contribution in [-0.2, 0) is 11.2 Å². The number of likely N-dealkylation sites (tertiary alicyclic amines) is 1. The lowest BCUT2D eigenvalue weighted by molar-refractivity contribution is 0.178. The van der Waals surface area contributed by atoms with Crippen LogP contribution < -0.4 is 10.6 Å². The van der Waals surface area contributed by atoms with Gasteiger partial charge in [0.25, 0.3) is 0 Å². The van der Waals surface area contributed by atoms with Crippen LogP contribution >= 0.6 is 0 Å². The van der Waals surface area contributed by atoms with Crippen molar-refractivity contribution in [3.8, 4) is 0 Å². The van der Waals surface area contributed by atoms with Gasteiger partial charge >= 0.3 is 0 Å². The van der Waals surface area contributed by atoms with E-state index in [1.54, 1.807) is 11.1 Å². The van der Waals surface area contributed by atoms with Crippen LogP contribution in [0.3, 0.4) is 0 Å².